The molecule has 1 aromatic rings. The molecule has 0 unspecified atom stereocenters. The molecule has 0 bridgehead atoms. The second-order valence-corrected chi connectivity index (χ2v) is 5.36. The van der Waals surface area contributed by atoms with Crippen molar-refractivity contribution in [3.63, 3.8) is 0 Å². The zero-order chi connectivity index (χ0) is 17.5. The molecule has 1 heterocycles. The fourth-order valence-corrected chi connectivity index (χ4v) is 2.51. The minimum Gasteiger partial charge on any atom is -0.497 e. The summed E-state index contributed by atoms with van der Waals surface area (Å²) in [4.78, 5) is 25.7. The summed E-state index contributed by atoms with van der Waals surface area (Å²) < 4.78 is 15.2. The molecule has 1 fully saturated rings. The SMILES string of the molecule is COc1cccc(N2C[C@H](NC(=O)NCC(OC)OC)CC2=O)c1. The van der Waals surface area contributed by atoms with Gasteiger partial charge in [0.15, 0.2) is 6.29 Å². The molecule has 8 heteroatoms. The Labute approximate surface area is 141 Å². The molecule has 8 nitrogen and oxygen atoms in total. The standard InChI is InChI=1S/C16H23N3O5/c1-22-13-6-4-5-12(8-13)19-10-11(7-14(19)20)18-16(21)17-9-15(23-2)24-3/h4-6,8,11,15H,7,9-10H2,1-3H3,(H2,17,18,21)/t11-/m1/s1. The Kier molecular flexibility index (Phi) is 6.39. The monoisotopic (exact) mass is 337 g/mol. The van der Waals surface area contributed by atoms with Gasteiger partial charge in [-0.1, -0.05) is 6.07 Å². The zero-order valence-corrected chi connectivity index (χ0v) is 14.1. The van der Waals surface area contributed by atoms with Crippen molar-refractivity contribution in [3.8, 4) is 5.75 Å². The summed E-state index contributed by atoms with van der Waals surface area (Å²) in [7, 11) is 4.57. The van der Waals surface area contributed by atoms with Gasteiger partial charge >= 0.3 is 6.03 Å². The van der Waals surface area contributed by atoms with E-state index in [2.05, 4.69) is 10.6 Å². The molecular weight excluding hydrogens is 314 g/mol. The average Bonchev–Trinajstić information content (AvgIpc) is 2.96. The van der Waals surface area contributed by atoms with Crippen molar-refractivity contribution in [3.05, 3.63) is 24.3 Å². The maximum Gasteiger partial charge on any atom is 0.315 e. The summed E-state index contributed by atoms with van der Waals surface area (Å²) in [5.41, 5.74) is 0.753. The number of benzene rings is 1. The van der Waals surface area contributed by atoms with Gasteiger partial charge in [0.05, 0.1) is 19.7 Å². The van der Waals surface area contributed by atoms with Crippen LogP contribution in [0.1, 0.15) is 6.42 Å². The summed E-state index contributed by atoms with van der Waals surface area (Å²) in [5, 5.41) is 5.44. The van der Waals surface area contributed by atoms with Crippen molar-refractivity contribution >= 4 is 17.6 Å². The van der Waals surface area contributed by atoms with Crippen molar-refractivity contribution in [1.29, 1.82) is 0 Å². The van der Waals surface area contributed by atoms with E-state index in [9.17, 15) is 9.59 Å². The van der Waals surface area contributed by atoms with Gasteiger partial charge in [-0.05, 0) is 12.1 Å². The number of nitrogens with one attached hydrogen (secondary N) is 2. The van der Waals surface area contributed by atoms with Crippen LogP contribution >= 0.6 is 0 Å². The van der Waals surface area contributed by atoms with Crippen LogP contribution in [-0.2, 0) is 14.3 Å². The third-order valence-corrected chi connectivity index (χ3v) is 3.78. The Balaban J connectivity index is 1.88. The van der Waals surface area contributed by atoms with E-state index in [1.165, 1.54) is 14.2 Å². The molecule has 1 atom stereocenters. The van der Waals surface area contributed by atoms with Gasteiger partial charge in [0.1, 0.15) is 5.75 Å². The van der Waals surface area contributed by atoms with Crippen LogP contribution in [0.5, 0.6) is 5.75 Å². The quantitative estimate of drug-likeness (QED) is 0.716. The minimum absolute atomic E-state index is 0.0415. The van der Waals surface area contributed by atoms with E-state index in [4.69, 9.17) is 14.2 Å². The number of ether oxygens (including phenoxy) is 3. The van der Waals surface area contributed by atoms with Gasteiger partial charge < -0.3 is 29.7 Å². The van der Waals surface area contributed by atoms with Crippen molar-refractivity contribution in [2.45, 2.75) is 18.8 Å². The van der Waals surface area contributed by atoms with Crippen molar-refractivity contribution in [2.75, 3.05) is 39.3 Å². The highest BCUT2D eigenvalue weighted by molar-refractivity contribution is 5.97. The number of anilines is 1. The zero-order valence-electron chi connectivity index (χ0n) is 14.1. The van der Waals surface area contributed by atoms with E-state index in [0.29, 0.717) is 12.3 Å². The Morgan fingerprint density at radius 2 is 2.08 bits per heavy atom. The largest absolute Gasteiger partial charge is 0.497 e. The third kappa shape index (κ3) is 4.59. The molecule has 1 aromatic carbocycles. The molecule has 0 saturated carbocycles. The number of carbonyl (C=O) groups is 2. The number of hydrogen-bond donors (Lipinski definition) is 2. The average molecular weight is 337 g/mol. The lowest BCUT2D eigenvalue weighted by atomic mass is 10.2. The number of urea groups is 1. The van der Waals surface area contributed by atoms with Crippen LogP contribution < -0.4 is 20.3 Å². The smallest absolute Gasteiger partial charge is 0.315 e. The first-order valence-electron chi connectivity index (χ1n) is 7.61. The second-order valence-electron chi connectivity index (χ2n) is 5.36. The van der Waals surface area contributed by atoms with Gasteiger partial charge in [-0.2, -0.15) is 0 Å². The molecule has 0 radical (unpaired) electrons. The lowest BCUT2D eigenvalue weighted by Gasteiger charge is -2.19. The number of rotatable bonds is 7. The number of methoxy groups -OCH3 is 3. The molecule has 3 amide bonds. The second kappa shape index (κ2) is 8.51. The molecule has 2 rings (SSSR count). The molecule has 132 valence electrons. The molecule has 1 aliphatic rings. The van der Waals surface area contributed by atoms with Crippen LogP contribution in [0.2, 0.25) is 0 Å². The van der Waals surface area contributed by atoms with E-state index >= 15 is 0 Å². The van der Waals surface area contributed by atoms with Gasteiger partial charge in [-0.3, -0.25) is 4.79 Å². The number of amides is 3. The topological polar surface area (TPSA) is 89.1 Å². The summed E-state index contributed by atoms with van der Waals surface area (Å²) in [6.07, 6.45) is -0.253. The molecule has 1 aliphatic heterocycles. The highest BCUT2D eigenvalue weighted by atomic mass is 16.7. The van der Waals surface area contributed by atoms with E-state index < -0.39 is 6.29 Å². The van der Waals surface area contributed by atoms with Crippen molar-refractivity contribution < 1.29 is 23.8 Å². The maximum absolute atomic E-state index is 12.2. The lowest BCUT2D eigenvalue weighted by Crippen LogP contribution is -2.46. The van der Waals surface area contributed by atoms with Gasteiger partial charge in [0, 0.05) is 38.9 Å². The lowest BCUT2D eigenvalue weighted by molar-refractivity contribution is -0.117. The van der Waals surface area contributed by atoms with Gasteiger partial charge in [0.2, 0.25) is 5.91 Å². The Morgan fingerprint density at radius 3 is 2.75 bits per heavy atom. The number of nitrogens with zero attached hydrogens (tertiary/aromatic N) is 1. The maximum atomic E-state index is 12.2. The molecule has 24 heavy (non-hydrogen) atoms. The summed E-state index contributed by atoms with van der Waals surface area (Å²) in [6.45, 7) is 0.635. The highest BCUT2D eigenvalue weighted by Gasteiger charge is 2.31. The molecule has 1 saturated heterocycles. The fraction of sp³-hybridized carbons (Fsp3) is 0.500. The molecule has 2 N–H and O–H groups in total. The van der Waals surface area contributed by atoms with Crippen LogP contribution in [0.3, 0.4) is 0 Å². The predicted molar refractivity (Wildman–Crippen MR) is 88.1 cm³/mol. The van der Waals surface area contributed by atoms with E-state index in [1.54, 1.807) is 18.1 Å². The van der Waals surface area contributed by atoms with Crippen LogP contribution in [-0.4, -0.2) is 58.7 Å². The third-order valence-electron chi connectivity index (χ3n) is 3.78. The first-order chi connectivity index (χ1) is 11.6. The molecule has 0 spiro atoms. The molecule has 0 aliphatic carbocycles. The minimum atomic E-state index is -0.505. The van der Waals surface area contributed by atoms with Gasteiger partial charge in [0.25, 0.3) is 0 Å². The van der Waals surface area contributed by atoms with Gasteiger partial charge in [-0.25, -0.2) is 4.79 Å². The van der Waals surface area contributed by atoms with Crippen LogP contribution in [0, 0.1) is 0 Å². The van der Waals surface area contributed by atoms with E-state index in [-0.39, 0.29) is 30.9 Å². The van der Waals surface area contributed by atoms with Crippen LogP contribution in [0.4, 0.5) is 10.5 Å². The van der Waals surface area contributed by atoms with E-state index in [1.807, 2.05) is 18.2 Å². The van der Waals surface area contributed by atoms with Crippen molar-refractivity contribution in [2.24, 2.45) is 0 Å². The number of carbonyl (C=O) groups excluding carboxylic acids is 2. The Bertz CT molecular complexity index is 577. The highest BCUT2D eigenvalue weighted by Crippen LogP contribution is 2.25. The van der Waals surface area contributed by atoms with Crippen molar-refractivity contribution in [1.82, 2.24) is 10.6 Å². The Morgan fingerprint density at radius 1 is 1.33 bits per heavy atom. The van der Waals surface area contributed by atoms with Crippen LogP contribution in [0.15, 0.2) is 24.3 Å². The predicted octanol–water partition coefficient (Wildman–Crippen LogP) is 0.719. The normalized spacial score (nSPS) is 17.2. The molecule has 0 aromatic heterocycles. The summed E-state index contributed by atoms with van der Waals surface area (Å²) in [5.74, 6) is 0.639. The summed E-state index contributed by atoms with van der Waals surface area (Å²) in [6, 6.07) is 6.65. The number of hydrogen-bond acceptors (Lipinski definition) is 5. The van der Waals surface area contributed by atoms with Crippen LogP contribution in [0.25, 0.3) is 0 Å². The van der Waals surface area contributed by atoms with E-state index in [0.717, 1.165) is 5.69 Å². The first kappa shape index (κ1) is 18.0. The Hall–Kier alpha value is -2.32. The van der Waals surface area contributed by atoms with Gasteiger partial charge in [-0.15, -0.1) is 0 Å². The fourth-order valence-electron chi connectivity index (χ4n) is 2.51. The summed E-state index contributed by atoms with van der Waals surface area (Å²) >= 11 is 0. The first-order valence-corrected chi connectivity index (χ1v) is 7.61. The molecular formula is C16H23N3O5.